The average molecular weight is 418 g/mol. The van der Waals surface area contributed by atoms with E-state index in [4.69, 9.17) is 23.2 Å². The topological polar surface area (TPSA) is 56.9 Å². The number of hydrogen-bond donors (Lipinski definition) is 3. The quantitative estimate of drug-likeness (QED) is 0.517. The molecule has 1 aromatic heterocycles. The molecule has 1 unspecified atom stereocenters. The zero-order chi connectivity index (χ0) is 19.9. The average Bonchev–Trinajstić information content (AvgIpc) is 3.06. The van der Waals surface area contributed by atoms with Gasteiger partial charge < -0.3 is 10.3 Å². The highest BCUT2D eigenvalue weighted by Crippen LogP contribution is 2.26. The van der Waals surface area contributed by atoms with Gasteiger partial charge in [-0.1, -0.05) is 60.8 Å². The molecule has 28 heavy (non-hydrogen) atoms. The molecule has 1 atom stereocenters. The third kappa shape index (κ3) is 5.28. The number of hydrogen-bond acceptors (Lipinski definition) is 2. The lowest BCUT2D eigenvalue weighted by molar-refractivity contribution is -0.123. The number of fused-ring (bicyclic) bond motifs is 3. The first-order valence-corrected chi connectivity index (χ1v) is 10.3. The Balaban J connectivity index is 0.000000236. The Morgan fingerprint density at radius 3 is 2.57 bits per heavy atom. The number of carbonyl (C=O) groups is 1. The molecule has 0 saturated carbocycles. The Hall–Kier alpha value is -2.01. The minimum atomic E-state index is -0.112. The summed E-state index contributed by atoms with van der Waals surface area (Å²) in [5.74, 6) is 0.120. The van der Waals surface area contributed by atoms with E-state index in [1.807, 2.05) is 12.1 Å². The van der Waals surface area contributed by atoms with Crippen molar-refractivity contribution in [2.24, 2.45) is 0 Å². The molecule has 0 aliphatic carbocycles. The van der Waals surface area contributed by atoms with Crippen molar-refractivity contribution in [3.8, 4) is 0 Å². The molecular weight excluding hydrogens is 393 g/mol. The van der Waals surface area contributed by atoms with Crippen LogP contribution >= 0.6 is 23.2 Å². The fourth-order valence-electron chi connectivity index (χ4n) is 3.30. The second-order valence-corrected chi connectivity index (χ2v) is 7.72. The lowest BCUT2D eigenvalue weighted by Crippen LogP contribution is -2.47. The van der Waals surface area contributed by atoms with Crippen molar-refractivity contribution >= 4 is 40.0 Å². The number of unbranched alkanes of at least 4 members (excludes halogenated alkanes) is 1. The minimum absolute atomic E-state index is 0.112. The van der Waals surface area contributed by atoms with Crippen molar-refractivity contribution in [3.05, 3.63) is 69.8 Å². The Morgan fingerprint density at radius 2 is 1.89 bits per heavy atom. The predicted octanol–water partition coefficient (Wildman–Crippen LogP) is 5.09. The van der Waals surface area contributed by atoms with Crippen molar-refractivity contribution in [1.82, 2.24) is 15.6 Å². The normalized spacial score (nSPS) is 15.5. The Kier molecular flexibility index (Phi) is 7.37. The number of para-hydroxylation sites is 1. The molecule has 148 valence electrons. The number of benzene rings is 2. The third-order valence-corrected chi connectivity index (χ3v) is 5.24. The predicted molar refractivity (Wildman–Crippen MR) is 117 cm³/mol. The zero-order valence-electron chi connectivity index (χ0n) is 15.9. The van der Waals surface area contributed by atoms with Crippen LogP contribution < -0.4 is 10.6 Å². The summed E-state index contributed by atoms with van der Waals surface area (Å²) in [6, 6.07) is 15.3. The van der Waals surface area contributed by atoms with Crippen LogP contribution in [0.3, 0.4) is 0 Å². The van der Waals surface area contributed by atoms with E-state index < -0.39 is 0 Å². The number of halogens is 2. The van der Waals surface area contributed by atoms with Gasteiger partial charge in [-0.05, 0) is 42.7 Å². The molecule has 4 rings (SSSR count). The van der Waals surface area contributed by atoms with Gasteiger partial charge in [-0.15, -0.1) is 0 Å². The van der Waals surface area contributed by atoms with Crippen molar-refractivity contribution in [2.45, 2.75) is 38.8 Å². The van der Waals surface area contributed by atoms with Gasteiger partial charge in [0.2, 0.25) is 5.91 Å². The van der Waals surface area contributed by atoms with E-state index in [9.17, 15) is 4.79 Å². The first-order valence-electron chi connectivity index (χ1n) is 9.59. The van der Waals surface area contributed by atoms with Crippen LogP contribution in [0.15, 0.2) is 48.5 Å². The standard InChI is InChI=1S/C16H21N3O.C6H4Cl2/c1-2-3-8-17-16(20)14-9-12-11-6-4-5-7-13(11)19-15(12)10-18-14;7-5-2-1-3-6(8)4-5/h4-7,14,18-19H,2-3,8-10H2,1H3,(H,17,20);1-4H. The molecule has 3 N–H and O–H groups in total. The van der Waals surface area contributed by atoms with E-state index >= 15 is 0 Å². The molecule has 2 heterocycles. The van der Waals surface area contributed by atoms with Crippen LogP contribution in [0.1, 0.15) is 31.0 Å². The van der Waals surface area contributed by atoms with E-state index in [1.165, 1.54) is 16.6 Å². The van der Waals surface area contributed by atoms with Gasteiger partial charge in [0.05, 0.1) is 6.04 Å². The maximum atomic E-state index is 12.2. The number of rotatable bonds is 4. The molecule has 2 aromatic carbocycles. The molecule has 0 fully saturated rings. The third-order valence-electron chi connectivity index (χ3n) is 4.77. The molecule has 0 spiro atoms. The fraction of sp³-hybridized carbons (Fsp3) is 0.318. The molecule has 3 aromatic rings. The fourth-order valence-corrected chi connectivity index (χ4v) is 3.73. The summed E-state index contributed by atoms with van der Waals surface area (Å²) in [6.45, 7) is 3.63. The molecule has 0 saturated heterocycles. The van der Waals surface area contributed by atoms with Gasteiger partial charge in [0.1, 0.15) is 0 Å². The first kappa shape index (κ1) is 20.7. The molecule has 1 aliphatic rings. The van der Waals surface area contributed by atoms with Crippen LogP contribution in [0.2, 0.25) is 10.0 Å². The molecule has 0 bridgehead atoms. The van der Waals surface area contributed by atoms with E-state index in [-0.39, 0.29) is 11.9 Å². The Bertz CT molecular complexity index is 921. The summed E-state index contributed by atoms with van der Waals surface area (Å²) < 4.78 is 0. The van der Waals surface area contributed by atoms with Gasteiger partial charge in [-0.2, -0.15) is 0 Å². The van der Waals surface area contributed by atoms with Crippen molar-refractivity contribution in [3.63, 3.8) is 0 Å². The summed E-state index contributed by atoms with van der Waals surface area (Å²) in [7, 11) is 0. The maximum Gasteiger partial charge on any atom is 0.237 e. The van der Waals surface area contributed by atoms with Crippen LogP contribution in [-0.4, -0.2) is 23.5 Å². The van der Waals surface area contributed by atoms with E-state index in [0.717, 1.165) is 37.9 Å². The second kappa shape index (κ2) is 9.97. The molecular formula is C22H25Cl2N3O. The zero-order valence-corrected chi connectivity index (χ0v) is 17.4. The Labute approximate surface area is 175 Å². The molecule has 6 heteroatoms. The van der Waals surface area contributed by atoms with Crippen LogP contribution in [-0.2, 0) is 17.8 Å². The minimum Gasteiger partial charge on any atom is -0.357 e. The number of carbonyl (C=O) groups excluding carboxylic acids is 1. The van der Waals surface area contributed by atoms with Gasteiger partial charge in [0, 0.05) is 39.7 Å². The van der Waals surface area contributed by atoms with Crippen LogP contribution in [0.25, 0.3) is 10.9 Å². The molecule has 1 aliphatic heterocycles. The number of nitrogens with one attached hydrogen (secondary N) is 3. The molecule has 0 radical (unpaired) electrons. The van der Waals surface area contributed by atoms with Crippen molar-refractivity contribution < 1.29 is 4.79 Å². The number of H-pyrrole nitrogens is 1. The lowest BCUT2D eigenvalue weighted by atomic mass is 9.98. The number of amides is 1. The SMILES string of the molecule is CCCCNC(=O)C1Cc2c([nH]c3ccccc23)CN1.Clc1cccc(Cl)c1. The van der Waals surface area contributed by atoms with Gasteiger partial charge in [-0.25, -0.2) is 0 Å². The maximum absolute atomic E-state index is 12.2. The van der Waals surface area contributed by atoms with E-state index in [0.29, 0.717) is 10.0 Å². The highest BCUT2D eigenvalue weighted by molar-refractivity contribution is 6.34. The van der Waals surface area contributed by atoms with E-state index in [2.05, 4.69) is 40.7 Å². The summed E-state index contributed by atoms with van der Waals surface area (Å²) in [6.07, 6.45) is 2.90. The summed E-state index contributed by atoms with van der Waals surface area (Å²) >= 11 is 11.1. The summed E-state index contributed by atoms with van der Waals surface area (Å²) in [5, 5.41) is 8.93. The van der Waals surface area contributed by atoms with Gasteiger partial charge in [0.15, 0.2) is 0 Å². The summed E-state index contributed by atoms with van der Waals surface area (Å²) in [4.78, 5) is 15.6. The highest BCUT2D eigenvalue weighted by atomic mass is 35.5. The lowest BCUT2D eigenvalue weighted by Gasteiger charge is -2.23. The Morgan fingerprint density at radius 1 is 1.14 bits per heavy atom. The van der Waals surface area contributed by atoms with Gasteiger partial charge in [0.25, 0.3) is 0 Å². The monoisotopic (exact) mass is 417 g/mol. The highest BCUT2D eigenvalue weighted by Gasteiger charge is 2.26. The molecule has 1 amide bonds. The van der Waals surface area contributed by atoms with Crippen LogP contribution in [0, 0.1) is 0 Å². The first-order chi connectivity index (χ1) is 13.6. The van der Waals surface area contributed by atoms with Crippen molar-refractivity contribution in [1.29, 1.82) is 0 Å². The molecule has 4 nitrogen and oxygen atoms in total. The van der Waals surface area contributed by atoms with Gasteiger partial charge >= 0.3 is 0 Å². The van der Waals surface area contributed by atoms with Crippen molar-refractivity contribution in [2.75, 3.05) is 6.54 Å². The smallest absolute Gasteiger partial charge is 0.237 e. The summed E-state index contributed by atoms with van der Waals surface area (Å²) in [5.41, 5.74) is 3.66. The number of aromatic nitrogens is 1. The van der Waals surface area contributed by atoms with Crippen LogP contribution in [0.5, 0.6) is 0 Å². The van der Waals surface area contributed by atoms with Gasteiger partial charge in [-0.3, -0.25) is 10.1 Å². The number of aromatic amines is 1. The van der Waals surface area contributed by atoms with E-state index in [1.54, 1.807) is 18.2 Å². The largest absolute Gasteiger partial charge is 0.357 e. The second-order valence-electron chi connectivity index (χ2n) is 6.85. The van der Waals surface area contributed by atoms with Crippen LogP contribution in [0.4, 0.5) is 0 Å².